The van der Waals surface area contributed by atoms with Crippen molar-refractivity contribution in [3.05, 3.63) is 0 Å². The van der Waals surface area contributed by atoms with Crippen LogP contribution in [0.2, 0.25) is 0 Å². The Morgan fingerprint density at radius 1 is 1.73 bits per heavy atom. The maximum atomic E-state index is 11.9. The number of nitrogens with two attached hydrogens (primary N) is 1. The van der Waals surface area contributed by atoms with Gasteiger partial charge in [-0.05, 0) is 12.2 Å². The topological polar surface area (TPSA) is 46.3 Å². The molecule has 0 bridgehead atoms. The monoisotopic (exact) mass is 246 g/mol. The van der Waals surface area contributed by atoms with E-state index in [1.54, 1.807) is 4.90 Å². The largest absolute Gasteiger partial charge is 0.393 e. The number of amides is 1. The lowest BCUT2D eigenvalue weighted by molar-refractivity contribution is -0.133. The predicted octanol–water partition coefficient (Wildman–Crippen LogP) is 1.12. The number of hydrogen-bond acceptors (Lipinski definition) is 3. The van der Waals surface area contributed by atoms with Crippen LogP contribution in [0, 0.1) is 11.8 Å². The Kier molecular flexibility index (Phi) is 4.86. The molecule has 0 aromatic heterocycles. The van der Waals surface area contributed by atoms with Gasteiger partial charge in [-0.3, -0.25) is 4.79 Å². The number of nitrogens with zero attached hydrogens (tertiary/aromatic N) is 1. The molecule has 2 atom stereocenters. The summed E-state index contributed by atoms with van der Waals surface area (Å²) in [5.74, 6) is 2.62. The number of rotatable bonds is 4. The molecule has 1 rings (SSSR count). The molecule has 1 saturated heterocycles. The van der Waals surface area contributed by atoms with Crippen LogP contribution in [0.1, 0.15) is 13.3 Å². The van der Waals surface area contributed by atoms with E-state index in [-0.39, 0.29) is 17.7 Å². The summed E-state index contributed by atoms with van der Waals surface area (Å²) in [6, 6.07) is 0. The Labute approximate surface area is 101 Å². The zero-order valence-electron chi connectivity index (χ0n) is 9.23. The second kappa shape index (κ2) is 5.70. The van der Waals surface area contributed by atoms with Crippen LogP contribution < -0.4 is 5.73 Å². The molecular weight excluding hydrogens is 228 g/mol. The molecule has 5 heteroatoms. The van der Waals surface area contributed by atoms with E-state index in [1.165, 1.54) is 0 Å². The normalized spacial score (nSPS) is 22.4. The Bertz CT molecular complexity index is 252. The summed E-state index contributed by atoms with van der Waals surface area (Å²) in [4.78, 5) is 14.2. The van der Waals surface area contributed by atoms with Crippen molar-refractivity contribution in [2.45, 2.75) is 13.3 Å². The smallest absolute Gasteiger partial charge is 0.226 e. The first-order valence-corrected chi connectivity index (χ1v) is 6.70. The fourth-order valence-electron chi connectivity index (χ4n) is 1.63. The Morgan fingerprint density at radius 3 is 2.87 bits per heavy atom. The van der Waals surface area contributed by atoms with E-state index in [1.807, 2.05) is 25.7 Å². The van der Waals surface area contributed by atoms with Gasteiger partial charge in [0, 0.05) is 31.2 Å². The average Bonchev–Trinajstić information content (AvgIpc) is 2.68. The molecule has 2 N–H and O–H groups in total. The van der Waals surface area contributed by atoms with Gasteiger partial charge in [0.1, 0.15) is 0 Å². The quantitative estimate of drug-likeness (QED) is 0.755. The number of carbonyl (C=O) groups excluding carboxylic acids is 1. The first-order valence-electron chi connectivity index (χ1n) is 5.14. The summed E-state index contributed by atoms with van der Waals surface area (Å²) in [5, 5.41) is 0. The molecule has 1 aliphatic heterocycles. The van der Waals surface area contributed by atoms with Crippen molar-refractivity contribution in [1.29, 1.82) is 0 Å². The van der Waals surface area contributed by atoms with Gasteiger partial charge in [-0.2, -0.15) is 11.8 Å². The van der Waals surface area contributed by atoms with Crippen LogP contribution in [0.4, 0.5) is 0 Å². The highest BCUT2D eigenvalue weighted by atomic mass is 32.2. The predicted molar refractivity (Wildman–Crippen MR) is 69.0 cm³/mol. The van der Waals surface area contributed by atoms with Crippen molar-refractivity contribution in [2.24, 2.45) is 17.6 Å². The first-order chi connectivity index (χ1) is 7.02. The van der Waals surface area contributed by atoms with E-state index in [2.05, 4.69) is 0 Å². The number of hydrogen-bond donors (Lipinski definition) is 1. The van der Waals surface area contributed by atoms with Crippen molar-refractivity contribution < 1.29 is 4.79 Å². The molecule has 0 spiro atoms. The van der Waals surface area contributed by atoms with Crippen LogP contribution in [-0.4, -0.2) is 40.9 Å². The van der Waals surface area contributed by atoms with E-state index in [4.69, 9.17) is 18.0 Å². The van der Waals surface area contributed by atoms with Crippen molar-refractivity contribution in [2.75, 3.05) is 25.1 Å². The molecular formula is C10H18N2OS2. The number of thioether (sulfide) groups is 1. The summed E-state index contributed by atoms with van der Waals surface area (Å²) in [6.07, 6.45) is 1.01. The second-order valence-electron chi connectivity index (χ2n) is 4.08. The van der Waals surface area contributed by atoms with Crippen LogP contribution in [0.25, 0.3) is 0 Å². The van der Waals surface area contributed by atoms with Gasteiger partial charge >= 0.3 is 0 Å². The molecule has 15 heavy (non-hydrogen) atoms. The van der Waals surface area contributed by atoms with Crippen LogP contribution in [-0.2, 0) is 4.79 Å². The van der Waals surface area contributed by atoms with Crippen LogP contribution in [0.5, 0.6) is 0 Å². The molecule has 0 aromatic rings. The van der Waals surface area contributed by atoms with Gasteiger partial charge in [0.05, 0.1) is 4.99 Å². The number of carbonyl (C=O) groups is 1. The molecule has 0 aromatic carbocycles. The molecule has 1 fully saturated rings. The Hall–Kier alpha value is -0.290. The van der Waals surface area contributed by atoms with Crippen LogP contribution in [0.3, 0.4) is 0 Å². The zero-order valence-corrected chi connectivity index (χ0v) is 10.9. The third-order valence-electron chi connectivity index (χ3n) is 2.69. The van der Waals surface area contributed by atoms with E-state index in [9.17, 15) is 4.79 Å². The second-order valence-corrected chi connectivity index (χ2v) is 5.70. The summed E-state index contributed by atoms with van der Waals surface area (Å²) >= 11 is 6.75. The first kappa shape index (κ1) is 12.8. The Balaban J connectivity index is 2.41. The van der Waals surface area contributed by atoms with E-state index < -0.39 is 0 Å². The molecule has 3 nitrogen and oxygen atoms in total. The maximum absolute atomic E-state index is 11.9. The molecule has 1 aliphatic rings. The fraction of sp³-hybridized carbons (Fsp3) is 0.800. The van der Waals surface area contributed by atoms with Gasteiger partial charge in [-0.15, -0.1) is 0 Å². The third kappa shape index (κ3) is 3.65. The van der Waals surface area contributed by atoms with Crippen molar-refractivity contribution in [3.8, 4) is 0 Å². The fourth-order valence-corrected chi connectivity index (χ4v) is 2.92. The highest BCUT2D eigenvalue weighted by molar-refractivity contribution is 7.99. The minimum Gasteiger partial charge on any atom is -0.393 e. The standard InChI is InChI=1S/C10H18N2OS2/c1-7(9(11)14)5-12(2)10(13)8-3-4-15-6-8/h7-8H,3-6H2,1-2H3,(H2,11,14). The van der Waals surface area contributed by atoms with Gasteiger partial charge in [-0.1, -0.05) is 19.1 Å². The van der Waals surface area contributed by atoms with Gasteiger partial charge in [-0.25, -0.2) is 0 Å². The molecule has 2 unspecified atom stereocenters. The molecule has 1 heterocycles. The van der Waals surface area contributed by atoms with Gasteiger partial charge < -0.3 is 10.6 Å². The third-order valence-corrected chi connectivity index (χ3v) is 4.25. The summed E-state index contributed by atoms with van der Waals surface area (Å²) in [6.45, 7) is 2.59. The average molecular weight is 246 g/mol. The van der Waals surface area contributed by atoms with E-state index in [0.717, 1.165) is 17.9 Å². The van der Waals surface area contributed by atoms with Crippen molar-refractivity contribution in [3.63, 3.8) is 0 Å². The van der Waals surface area contributed by atoms with Crippen molar-refractivity contribution >= 4 is 34.9 Å². The SMILES string of the molecule is CC(CN(C)C(=O)C1CCSC1)C(N)=S. The van der Waals surface area contributed by atoms with Crippen LogP contribution in [0.15, 0.2) is 0 Å². The summed E-state index contributed by atoms with van der Waals surface area (Å²) in [5.41, 5.74) is 5.53. The van der Waals surface area contributed by atoms with Gasteiger partial charge in [0.2, 0.25) is 5.91 Å². The molecule has 0 saturated carbocycles. The minimum atomic E-state index is 0.100. The lowest BCUT2D eigenvalue weighted by atomic mass is 10.1. The highest BCUT2D eigenvalue weighted by Crippen LogP contribution is 2.24. The van der Waals surface area contributed by atoms with Gasteiger partial charge in [0.25, 0.3) is 0 Å². The maximum Gasteiger partial charge on any atom is 0.226 e. The van der Waals surface area contributed by atoms with Crippen molar-refractivity contribution in [1.82, 2.24) is 4.90 Å². The van der Waals surface area contributed by atoms with E-state index in [0.29, 0.717) is 11.5 Å². The summed E-state index contributed by atoms with van der Waals surface area (Å²) in [7, 11) is 1.83. The van der Waals surface area contributed by atoms with Gasteiger partial charge in [0.15, 0.2) is 0 Å². The molecule has 0 aliphatic carbocycles. The molecule has 0 radical (unpaired) electrons. The summed E-state index contributed by atoms with van der Waals surface area (Å²) < 4.78 is 0. The molecule has 86 valence electrons. The Morgan fingerprint density at radius 2 is 2.40 bits per heavy atom. The highest BCUT2D eigenvalue weighted by Gasteiger charge is 2.26. The molecule has 1 amide bonds. The minimum absolute atomic E-state index is 0.100. The van der Waals surface area contributed by atoms with E-state index >= 15 is 0 Å². The lowest BCUT2D eigenvalue weighted by Gasteiger charge is -2.23. The van der Waals surface area contributed by atoms with Crippen LogP contribution >= 0.6 is 24.0 Å². The zero-order chi connectivity index (χ0) is 11.4. The number of thiocarbonyl (C=S) groups is 1. The lowest BCUT2D eigenvalue weighted by Crippen LogP contribution is -2.38.